The third-order valence-corrected chi connectivity index (χ3v) is 5.68. The van der Waals surface area contributed by atoms with Crippen molar-refractivity contribution in [2.24, 2.45) is 5.73 Å². The number of ether oxygens (including phenoxy) is 1. The molecular weight excluding hydrogens is 451 g/mol. The molecule has 0 spiro atoms. The van der Waals surface area contributed by atoms with Crippen molar-refractivity contribution in [2.45, 2.75) is 12.3 Å². The zero-order chi connectivity index (χ0) is 22.8. The van der Waals surface area contributed by atoms with Crippen LogP contribution in [0.1, 0.15) is 33.8 Å². The van der Waals surface area contributed by atoms with Gasteiger partial charge < -0.3 is 10.5 Å². The smallest absolute Gasteiger partial charge is 0.248 e. The number of aromatic nitrogens is 1. The number of benzene rings is 2. The average Bonchev–Trinajstić information content (AvgIpc) is 3.16. The summed E-state index contributed by atoms with van der Waals surface area (Å²) in [5.41, 5.74) is 6.63. The Morgan fingerprint density at radius 2 is 2.03 bits per heavy atom. The van der Waals surface area contributed by atoms with E-state index in [4.69, 9.17) is 33.7 Å². The van der Waals surface area contributed by atoms with E-state index in [0.717, 1.165) is 5.56 Å². The number of nitriles is 1. The maximum absolute atomic E-state index is 12.8. The lowest BCUT2D eigenvalue weighted by atomic mass is 9.97. The zero-order valence-electron chi connectivity index (χ0n) is 16.6. The van der Waals surface area contributed by atoms with Gasteiger partial charge in [-0.2, -0.15) is 5.26 Å². The van der Waals surface area contributed by atoms with Crippen LogP contribution in [0, 0.1) is 11.3 Å². The fraction of sp³-hybridized carbons (Fsp3) is 0.130. The van der Waals surface area contributed by atoms with Crippen molar-refractivity contribution in [1.29, 1.82) is 5.26 Å². The van der Waals surface area contributed by atoms with E-state index in [0.29, 0.717) is 23.1 Å². The molecule has 2 heterocycles. The summed E-state index contributed by atoms with van der Waals surface area (Å²) in [5.74, 6) is -0.0125. The molecule has 2 aromatic carbocycles. The number of carbonyl (C=O) groups is 2. The highest BCUT2D eigenvalue weighted by atomic mass is 35.5. The van der Waals surface area contributed by atoms with Crippen LogP contribution in [0.4, 0.5) is 5.82 Å². The van der Waals surface area contributed by atoms with Crippen LogP contribution in [0.15, 0.2) is 54.7 Å². The molecule has 1 fully saturated rings. The molecule has 7 nitrogen and oxygen atoms in total. The number of carbonyl (C=O) groups excluding carboxylic acids is 2. The predicted molar refractivity (Wildman–Crippen MR) is 120 cm³/mol. The number of nitrogens with zero attached hydrogens (tertiary/aromatic N) is 3. The topological polar surface area (TPSA) is 109 Å². The van der Waals surface area contributed by atoms with Crippen LogP contribution >= 0.6 is 23.2 Å². The largest absolute Gasteiger partial charge is 0.454 e. The first kappa shape index (κ1) is 21.6. The second-order valence-electron chi connectivity index (χ2n) is 7.18. The van der Waals surface area contributed by atoms with Gasteiger partial charge in [0.05, 0.1) is 10.6 Å². The first-order valence-corrected chi connectivity index (χ1v) is 10.3. The quantitative estimate of drug-likeness (QED) is 0.587. The molecule has 1 unspecified atom stereocenters. The highest BCUT2D eigenvalue weighted by Crippen LogP contribution is 2.41. The van der Waals surface area contributed by atoms with Crippen LogP contribution in [0.25, 0.3) is 0 Å². The number of rotatable bonds is 5. The Morgan fingerprint density at radius 1 is 1.22 bits per heavy atom. The minimum atomic E-state index is -0.599. The zero-order valence-corrected chi connectivity index (χ0v) is 18.1. The number of nitrogens with two attached hydrogens (primary N) is 1. The van der Waals surface area contributed by atoms with Gasteiger partial charge in [0, 0.05) is 41.2 Å². The van der Waals surface area contributed by atoms with Crippen LogP contribution in [-0.4, -0.2) is 23.3 Å². The molecule has 0 saturated carbocycles. The summed E-state index contributed by atoms with van der Waals surface area (Å²) >= 11 is 12.5. The fourth-order valence-electron chi connectivity index (χ4n) is 3.60. The van der Waals surface area contributed by atoms with Gasteiger partial charge in [-0.15, -0.1) is 0 Å². The fourth-order valence-corrected chi connectivity index (χ4v) is 3.98. The van der Waals surface area contributed by atoms with Crippen molar-refractivity contribution in [2.75, 3.05) is 11.4 Å². The molecule has 0 bridgehead atoms. The third kappa shape index (κ3) is 4.24. The van der Waals surface area contributed by atoms with Crippen molar-refractivity contribution in [3.63, 3.8) is 0 Å². The molecule has 1 atom stereocenters. The number of halogens is 2. The third-order valence-electron chi connectivity index (χ3n) is 5.15. The Balaban J connectivity index is 1.67. The van der Waals surface area contributed by atoms with Crippen molar-refractivity contribution >= 4 is 40.8 Å². The number of amides is 2. The van der Waals surface area contributed by atoms with Gasteiger partial charge in [-0.05, 0) is 36.4 Å². The number of para-hydroxylation sites is 1. The SMILES string of the molecule is N#Cc1cccc(Cl)c1Oc1cc(Cl)ccc1C1CC(=O)N(c2cc(C(N)=O)ccn2)C1. The van der Waals surface area contributed by atoms with Crippen molar-refractivity contribution in [3.8, 4) is 17.6 Å². The average molecular weight is 467 g/mol. The summed E-state index contributed by atoms with van der Waals surface area (Å²) in [6, 6.07) is 15.0. The minimum absolute atomic E-state index is 0.152. The van der Waals surface area contributed by atoms with E-state index in [1.165, 1.54) is 23.2 Å². The maximum atomic E-state index is 12.8. The molecule has 1 saturated heterocycles. The van der Waals surface area contributed by atoms with Crippen molar-refractivity contribution in [3.05, 3.63) is 81.5 Å². The number of anilines is 1. The molecule has 2 N–H and O–H groups in total. The molecule has 9 heteroatoms. The lowest BCUT2D eigenvalue weighted by Crippen LogP contribution is -2.26. The van der Waals surface area contributed by atoms with Gasteiger partial charge in [0.2, 0.25) is 11.8 Å². The minimum Gasteiger partial charge on any atom is -0.454 e. The summed E-state index contributed by atoms with van der Waals surface area (Å²) in [6.45, 7) is 0.319. The number of primary amides is 1. The van der Waals surface area contributed by atoms with Gasteiger partial charge in [0.15, 0.2) is 5.75 Å². The molecule has 3 aromatic rings. The van der Waals surface area contributed by atoms with Crippen molar-refractivity contribution < 1.29 is 14.3 Å². The van der Waals surface area contributed by atoms with Gasteiger partial charge >= 0.3 is 0 Å². The van der Waals surface area contributed by atoms with Gasteiger partial charge in [-0.3, -0.25) is 14.5 Å². The predicted octanol–water partition coefficient (Wildman–Crippen LogP) is 4.67. The normalized spacial score (nSPS) is 15.5. The first-order chi connectivity index (χ1) is 15.4. The molecule has 32 heavy (non-hydrogen) atoms. The summed E-state index contributed by atoms with van der Waals surface area (Å²) in [7, 11) is 0. The maximum Gasteiger partial charge on any atom is 0.248 e. The molecular formula is C23H16Cl2N4O3. The van der Waals surface area contributed by atoms with E-state index < -0.39 is 5.91 Å². The van der Waals surface area contributed by atoms with E-state index >= 15 is 0 Å². The van der Waals surface area contributed by atoms with E-state index in [9.17, 15) is 14.9 Å². The molecule has 1 aliphatic heterocycles. The Bertz CT molecular complexity index is 1270. The number of hydrogen-bond acceptors (Lipinski definition) is 5. The van der Waals surface area contributed by atoms with Gasteiger partial charge in [-0.25, -0.2) is 4.98 Å². The summed E-state index contributed by atoms with van der Waals surface area (Å²) in [5, 5.41) is 10.1. The molecule has 2 amide bonds. The first-order valence-electron chi connectivity index (χ1n) is 9.59. The van der Waals surface area contributed by atoms with E-state index in [-0.39, 0.29) is 40.1 Å². The van der Waals surface area contributed by atoms with Crippen LogP contribution < -0.4 is 15.4 Å². The molecule has 160 valence electrons. The van der Waals surface area contributed by atoms with E-state index in [1.807, 2.05) is 0 Å². The highest BCUT2D eigenvalue weighted by Gasteiger charge is 2.34. The Labute approximate surface area is 193 Å². The monoisotopic (exact) mass is 466 g/mol. The van der Waals surface area contributed by atoms with Crippen molar-refractivity contribution in [1.82, 2.24) is 4.98 Å². The van der Waals surface area contributed by atoms with Crippen LogP contribution in [0.3, 0.4) is 0 Å². The molecule has 0 aliphatic carbocycles. The second-order valence-corrected chi connectivity index (χ2v) is 8.03. The van der Waals surface area contributed by atoms with Crippen LogP contribution in [-0.2, 0) is 4.79 Å². The standard InChI is InChI=1S/C23H16Cl2N4O3/c24-16-4-5-17(19(10-16)32-22-14(11-26)2-1-3-18(22)25)15-9-21(30)29(12-15)20-8-13(23(27)31)6-7-28-20/h1-8,10,15H,9,12H2,(H2,27,31). The second kappa shape index (κ2) is 8.87. The lowest BCUT2D eigenvalue weighted by molar-refractivity contribution is -0.117. The Hall–Kier alpha value is -3.60. The summed E-state index contributed by atoms with van der Waals surface area (Å²) in [6.07, 6.45) is 1.64. The number of hydrogen-bond donors (Lipinski definition) is 1. The summed E-state index contributed by atoms with van der Waals surface area (Å²) in [4.78, 5) is 30.0. The Kier molecular flexibility index (Phi) is 5.99. The van der Waals surface area contributed by atoms with E-state index in [1.54, 1.807) is 36.4 Å². The van der Waals surface area contributed by atoms with Gasteiger partial charge in [0.25, 0.3) is 0 Å². The van der Waals surface area contributed by atoms with Gasteiger partial charge in [0.1, 0.15) is 17.6 Å². The van der Waals surface area contributed by atoms with E-state index in [2.05, 4.69) is 11.1 Å². The molecule has 0 radical (unpaired) electrons. The molecule has 1 aromatic heterocycles. The van der Waals surface area contributed by atoms with Crippen LogP contribution in [0.2, 0.25) is 10.0 Å². The molecule has 1 aliphatic rings. The molecule has 4 rings (SSSR count). The van der Waals surface area contributed by atoms with Gasteiger partial charge in [-0.1, -0.05) is 35.3 Å². The van der Waals surface area contributed by atoms with Crippen LogP contribution in [0.5, 0.6) is 11.5 Å². The highest BCUT2D eigenvalue weighted by molar-refractivity contribution is 6.32. The lowest BCUT2D eigenvalue weighted by Gasteiger charge is -2.19. The Morgan fingerprint density at radius 3 is 2.78 bits per heavy atom. The summed E-state index contributed by atoms with van der Waals surface area (Å²) < 4.78 is 6.04. The number of pyridine rings is 1.